The molecule has 1 fully saturated rings. The van der Waals surface area contributed by atoms with Gasteiger partial charge in [-0.2, -0.15) is 5.26 Å². The lowest BCUT2D eigenvalue weighted by atomic mass is 9.69. The molecule has 5 heteroatoms. The van der Waals surface area contributed by atoms with Gasteiger partial charge in [0, 0.05) is 11.7 Å². The van der Waals surface area contributed by atoms with E-state index in [0.29, 0.717) is 18.2 Å². The summed E-state index contributed by atoms with van der Waals surface area (Å²) in [7, 11) is 1.65. The third-order valence-corrected chi connectivity index (χ3v) is 5.44. The summed E-state index contributed by atoms with van der Waals surface area (Å²) >= 11 is 0. The number of hydrogen-bond donors (Lipinski definition) is 1. The fourth-order valence-corrected chi connectivity index (χ4v) is 3.79. The Morgan fingerprint density at radius 2 is 1.93 bits per heavy atom. The topological polar surface area (TPSA) is 71.3 Å². The van der Waals surface area contributed by atoms with Crippen molar-refractivity contribution in [2.45, 2.75) is 44.1 Å². The van der Waals surface area contributed by atoms with E-state index in [9.17, 15) is 10.1 Å². The van der Waals surface area contributed by atoms with Gasteiger partial charge in [-0.15, -0.1) is 0 Å². The monoisotopic (exact) mass is 378 g/mol. The number of hydrogen-bond acceptors (Lipinski definition) is 5. The zero-order valence-corrected chi connectivity index (χ0v) is 16.4. The Morgan fingerprint density at radius 3 is 2.54 bits per heavy atom. The minimum Gasteiger partial charge on any atom is -0.497 e. The molecule has 2 aromatic carbocycles. The van der Waals surface area contributed by atoms with Crippen LogP contribution in [0.3, 0.4) is 0 Å². The molecule has 2 aromatic rings. The Balaban J connectivity index is 1.63. The fraction of sp³-hybridized carbons (Fsp3) is 0.391. The van der Waals surface area contributed by atoms with Crippen LogP contribution in [0.4, 0.5) is 5.69 Å². The zero-order chi connectivity index (χ0) is 20.0. The molecule has 0 atom stereocenters. The average Bonchev–Trinajstić information content (AvgIpc) is 2.75. The lowest BCUT2D eigenvalue weighted by Crippen LogP contribution is -2.35. The number of esters is 1. The van der Waals surface area contributed by atoms with Crippen LogP contribution in [0.25, 0.3) is 0 Å². The van der Waals surface area contributed by atoms with Gasteiger partial charge in [-0.1, -0.05) is 12.1 Å². The summed E-state index contributed by atoms with van der Waals surface area (Å²) in [4.78, 5) is 11.7. The lowest BCUT2D eigenvalue weighted by Gasteiger charge is -2.36. The first-order valence-corrected chi connectivity index (χ1v) is 9.70. The van der Waals surface area contributed by atoms with Crippen molar-refractivity contribution in [3.8, 4) is 11.8 Å². The number of nitrogens with one attached hydrogen (secondary N) is 1. The molecule has 0 saturated heterocycles. The highest BCUT2D eigenvalue weighted by molar-refractivity contribution is 5.89. The molecule has 1 aliphatic carbocycles. The molecule has 1 saturated carbocycles. The van der Waals surface area contributed by atoms with Crippen LogP contribution in [0.15, 0.2) is 48.5 Å². The highest BCUT2D eigenvalue weighted by Gasteiger charge is 2.37. The van der Waals surface area contributed by atoms with E-state index in [1.54, 1.807) is 26.2 Å². The lowest BCUT2D eigenvalue weighted by molar-refractivity contribution is 0.0526. The third kappa shape index (κ3) is 4.28. The van der Waals surface area contributed by atoms with E-state index in [1.807, 2.05) is 36.4 Å². The van der Waals surface area contributed by atoms with Crippen LogP contribution in [-0.2, 0) is 10.2 Å². The van der Waals surface area contributed by atoms with Gasteiger partial charge < -0.3 is 14.8 Å². The predicted octanol–water partition coefficient (Wildman–Crippen LogP) is 4.69. The Hall–Kier alpha value is -3.00. The normalized spacial score (nSPS) is 21.4. The van der Waals surface area contributed by atoms with Crippen LogP contribution in [0, 0.1) is 11.3 Å². The van der Waals surface area contributed by atoms with Crippen LogP contribution in [-0.4, -0.2) is 25.7 Å². The first kappa shape index (κ1) is 19.8. The molecule has 0 aromatic heterocycles. The molecule has 0 amide bonds. The predicted molar refractivity (Wildman–Crippen MR) is 109 cm³/mol. The second kappa shape index (κ2) is 8.79. The molecule has 0 heterocycles. The second-order valence-electron chi connectivity index (χ2n) is 7.14. The number of methoxy groups -OCH3 is 1. The molecule has 0 spiro atoms. The van der Waals surface area contributed by atoms with Gasteiger partial charge in [-0.25, -0.2) is 4.79 Å². The van der Waals surface area contributed by atoms with E-state index in [0.717, 1.165) is 42.7 Å². The molecule has 146 valence electrons. The third-order valence-electron chi connectivity index (χ3n) is 5.44. The first-order valence-electron chi connectivity index (χ1n) is 9.70. The average molecular weight is 378 g/mol. The van der Waals surface area contributed by atoms with E-state index in [-0.39, 0.29) is 5.97 Å². The smallest absolute Gasteiger partial charge is 0.338 e. The molecule has 5 nitrogen and oxygen atoms in total. The molecule has 1 N–H and O–H groups in total. The Bertz CT molecular complexity index is 847. The summed E-state index contributed by atoms with van der Waals surface area (Å²) in [6.45, 7) is 2.17. The van der Waals surface area contributed by atoms with Crippen molar-refractivity contribution in [2.75, 3.05) is 19.0 Å². The maximum Gasteiger partial charge on any atom is 0.338 e. The van der Waals surface area contributed by atoms with Crippen LogP contribution in [0.2, 0.25) is 0 Å². The van der Waals surface area contributed by atoms with Crippen molar-refractivity contribution in [1.82, 2.24) is 0 Å². The zero-order valence-electron chi connectivity index (χ0n) is 16.4. The number of ether oxygens (including phenoxy) is 2. The van der Waals surface area contributed by atoms with Crippen molar-refractivity contribution in [1.29, 1.82) is 5.26 Å². The highest BCUT2D eigenvalue weighted by Crippen LogP contribution is 2.40. The van der Waals surface area contributed by atoms with Gasteiger partial charge in [0.1, 0.15) is 5.75 Å². The molecular weight excluding hydrogens is 352 g/mol. The molecule has 0 aliphatic heterocycles. The van der Waals surface area contributed by atoms with Crippen LogP contribution in [0.1, 0.15) is 48.5 Å². The van der Waals surface area contributed by atoms with E-state index in [1.165, 1.54) is 0 Å². The van der Waals surface area contributed by atoms with E-state index in [4.69, 9.17) is 9.47 Å². The van der Waals surface area contributed by atoms with Crippen LogP contribution >= 0.6 is 0 Å². The Labute approximate surface area is 166 Å². The molecule has 0 unspecified atom stereocenters. The van der Waals surface area contributed by atoms with E-state index >= 15 is 0 Å². The van der Waals surface area contributed by atoms with Gasteiger partial charge in [0.25, 0.3) is 0 Å². The first-order chi connectivity index (χ1) is 13.6. The van der Waals surface area contributed by atoms with Crippen molar-refractivity contribution >= 4 is 11.7 Å². The minimum atomic E-state index is -0.458. The van der Waals surface area contributed by atoms with Gasteiger partial charge in [-0.3, -0.25) is 0 Å². The second-order valence-corrected chi connectivity index (χ2v) is 7.14. The molecule has 0 radical (unpaired) electrons. The summed E-state index contributed by atoms with van der Waals surface area (Å²) < 4.78 is 10.3. The van der Waals surface area contributed by atoms with Crippen LogP contribution < -0.4 is 10.1 Å². The van der Waals surface area contributed by atoms with E-state index in [2.05, 4.69) is 11.4 Å². The Morgan fingerprint density at radius 1 is 1.21 bits per heavy atom. The number of nitriles is 1. The number of anilines is 1. The van der Waals surface area contributed by atoms with E-state index < -0.39 is 5.41 Å². The highest BCUT2D eigenvalue weighted by atomic mass is 16.5. The summed E-state index contributed by atoms with van der Waals surface area (Å²) in [6.07, 6.45) is 3.42. The fourth-order valence-electron chi connectivity index (χ4n) is 3.79. The van der Waals surface area contributed by atoms with Crippen molar-refractivity contribution in [3.63, 3.8) is 0 Å². The Kier molecular flexibility index (Phi) is 6.20. The van der Waals surface area contributed by atoms with Crippen molar-refractivity contribution in [2.24, 2.45) is 0 Å². The standard InChI is InChI=1S/C23H26N2O3/c1-3-28-22(26)17-7-9-19(10-8-17)25-20-11-13-23(16-24,14-12-20)18-5-4-6-21(15-18)27-2/h4-10,15,20,25H,3,11-14H2,1-2H3/t20-,23+. The van der Waals surface area contributed by atoms with Gasteiger partial charge in [0.2, 0.25) is 0 Å². The number of benzene rings is 2. The maximum absolute atomic E-state index is 11.7. The minimum absolute atomic E-state index is 0.302. The molecular formula is C23H26N2O3. The summed E-state index contributed by atoms with van der Waals surface area (Å²) in [5.41, 5.74) is 2.11. The SMILES string of the molecule is CCOC(=O)c1ccc(N[C@H]2CC[C@@](C#N)(c3cccc(OC)c3)CC2)cc1. The van der Waals surface area contributed by atoms with Crippen molar-refractivity contribution < 1.29 is 14.3 Å². The number of carbonyl (C=O) groups is 1. The van der Waals surface area contributed by atoms with Gasteiger partial charge >= 0.3 is 5.97 Å². The van der Waals surface area contributed by atoms with Crippen molar-refractivity contribution in [3.05, 3.63) is 59.7 Å². The van der Waals surface area contributed by atoms with Gasteiger partial charge in [0.05, 0.1) is 30.8 Å². The summed E-state index contributed by atoms with van der Waals surface area (Å²) in [5, 5.41) is 13.4. The number of carbonyl (C=O) groups excluding carboxylic acids is 1. The maximum atomic E-state index is 11.7. The van der Waals surface area contributed by atoms with Gasteiger partial charge in [-0.05, 0) is 74.6 Å². The molecule has 1 aliphatic rings. The number of rotatable bonds is 6. The quantitative estimate of drug-likeness (QED) is 0.739. The molecule has 28 heavy (non-hydrogen) atoms. The van der Waals surface area contributed by atoms with Gasteiger partial charge in [0.15, 0.2) is 0 Å². The molecule has 3 rings (SSSR count). The van der Waals surface area contributed by atoms with Crippen LogP contribution in [0.5, 0.6) is 5.75 Å². The molecule has 0 bridgehead atoms. The summed E-state index contributed by atoms with van der Waals surface area (Å²) in [6, 6.07) is 18.1. The summed E-state index contributed by atoms with van der Waals surface area (Å²) in [5.74, 6) is 0.484. The number of nitrogens with zero attached hydrogens (tertiary/aromatic N) is 1. The largest absolute Gasteiger partial charge is 0.497 e.